The number of likely N-dealkylation sites (tertiary alicyclic amines) is 1. The van der Waals surface area contributed by atoms with Crippen molar-refractivity contribution >= 4 is 18.3 Å². The van der Waals surface area contributed by atoms with Gasteiger partial charge in [-0.05, 0) is 79.1 Å². The Hall–Kier alpha value is -2.64. The molecule has 1 unspecified atom stereocenters. The molecule has 0 N–H and O–H groups in total. The normalized spacial score (nSPS) is 19.7. The zero-order valence-corrected chi connectivity index (χ0v) is 22.1. The number of carbonyl (C=O) groups is 1. The predicted octanol–water partition coefficient (Wildman–Crippen LogP) is 4.13. The summed E-state index contributed by atoms with van der Waals surface area (Å²) in [6, 6.07) is 10.2. The van der Waals surface area contributed by atoms with E-state index in [0.717, 1.165) is 74.1 Å². The van der Waals surface area contributed by atoms with Crippen LogP contribution in [-0.4, -0.2) is 69.4 Å². The Bertz CT molecular complexity index is 1060. The van der Waals surface area contributed by atoms with Gasteiger partial charge in [-0.15, -0.1) is 12.4 Å². The maximum Gasteiger partial charge on any atom is 0.231 e. The third-order valence-electron chi connectivity index (χ3n) is 7.54. The van der Waals surface area contributed by atoms with Gasteiger partial charge in [-0.2, -0.15) is 0 Å². The zero-order valence-electron chi connectivity index (χ0n) is 21.3. The molecule has 7 nitrogen and oxygen atoms in total. The summed E-state index contributed by atoms with van der Waals surface area (Å²) in [6.45, 7) is 5.05. The Balaban J connectivity index is 0.00000304. The minimum Gasteiger partial charge on any atom is -0.493 e. The van der Waals surface area contributed by atoms with Crippen molar-refractivity contribution in [3.63, 3.8) is 0 Å². The number of amides is 1. The second-order valence-electron chi connectivity index (χ2n) is 9.84. The number of halogens is 1. The Morgan fingerprint density at radius 1 is 0.972 bits per heavy atom. The van der Waals surface area contributed by atoms with E-state index in [0.29, 0.717) is 12.3 Å². The molecule has 1 atom stereocenters. The van der Waals surface area contributed by atoms with Gasteiger partial charge in [-0.3, -0.25) is 4.79 Å². The molecule has 2 aromatic carbocycles. The number of benzene rings is 2. The molecule has 8 heteroatoms. The summed E-state index contributed by atoms with van der Waals surface area (Å²) in [5, 5.41) is 0. The molecule has 2 aromatic rings. The van der Waals surface area contributed by atoms with E-state index < -0.39 is 0 Å². The number of nitrogens with zero attached hydrogens (tertiary/aromatic N) is 2. The number of methoxy groups -OCH3 is 2. The molecule has 3 heterocycles. The van der Waals surface area contributed by atoms with Crippen LogP contribution in [0.1, 0.15) is 36.0 Å². The van der Waals surface area contributed by atoms with Gasteiger partial charge in [0.25, 0.3) is 0 Å². The van der Waals surface area contributed by atoms with Gasteiger partial charge in [-0.1, -0.05) is 12.5 Å². The lowest BCUT2D eigenvalue weighted by Crippen LogP contribution is -2.40. The highest BCUT2D eigenvalue weighted by atomic mass is 35.5. The third-order valence-corrected chi connectivity index (χ3v) is 7.54. The summed E-state index contributed by atoms with van der Waals surface area (Å²) >= 11 is 0. The summed E-state index contributed by atoms with van der Waals surface area (Å²) in [6.07, 6.45) is 5.91. The van der Waals surface area contributed by atoms with E-state index in [4.69, 9.17) is 18.9 Å². The fourth-order valence-corrected chi connectivity index (χ4v) is 5.57. The SMILES string of the molecule is COc1ccc(CCN2CCCCC(CN3CCc4cc5c(cc4CC3=O)OCO5)C2)cc1OC.Cl. The number of hydrogen-bond acceptors (Lipinski definition) is 6. The molecule has 3 aliphatic heterocycles. The minimum absolute atomic E-state index is 0. The smallest absolute Gasteiger partial charge is 0.231 e. The van der Waals surface area contributed by atoms with E-state index in [2.05, 4.69) is 28.0 Å². The van der Waals surface area contributed by atoms with E-state index in [1.807, 2.05) is 12.1 Å². The van der Waals surface area contributed by atoms with Crippen molar-refractivity contribution in [2.75, 3.05) is 53.7 Å². The summed E-state index contributed by atoms with van der Waals surface area (Å²) < 4.78 is 21.9. The Labute approximate surface area is 220 Å². The Kier molecular flexibility index (Phi) is 8.86. The molecule has 0 bridgehead atoms. The van der Waals surface area contributed by atoms with Crippen LogP contribution >= 0.6 is 12.4 Å². The van der Waals surface area contributed by atoms with E-state index in [9.17, 15) is 4.79 Å². The lowest BCUT2D eigenvalue weighted by Gasteiger charge is -2.29. The van der Waals surface area contributed by atoms with Gasteiger partial charge in [0.1, 0.15) is 0 Å². The quantitative estimate of drug-likeness (QED) is 0.551. The highest BCUT2D eigenvalue weighted by Crippen LogP contribution is 2.36. The first kappa shape index (κ1) is 26.4. The second kappa shape index (κ2) is 12.1. The van der Waals surface area contributed by atoms with Crippen LogP contribution < -0.4 is 18.9 Å². The van der Waals surface area contributed by atoms with Crippen molar-refractivity contribution < 1.29 is 23.7 Å². The number of hydrogen-bond donors (Lipinski definition) is 0. The van der Waals surface area contributed by atoms with Crippen LogP contribution in [0.2, 0.25) is 0 Å². The largest absolute Gasteiger partial charge is 0.493 e. The summed E-state index contributed by atoms with van der Waals surface area (Å²) in [4.78, 5) is 17.8. The van der Waals surface area contributed by atoms with Crippen molar-refractivity contribution in [2.45, 2.75) is 38.5 Å². The standard InChI is InChI=1S/C28H36N2O5.ClH/c1-32-24-7-6-20(13-25(24)33-2)8-11-29-10-4-3-5-21(17-29)18-30-12-9-22-14-26-27(35-19-34-26)15-23(22)16-28(30)31;/h6-7,13-15,21H,3-5,8-12,16-19H2,1-2H3;1H. The van der Waals surface area contributed by atoms with Gasteiger partial charge < -0.3 is 28.7 Å². The lowest BCUT2D eigenvalue weighted by molar-refractivity contribution is -0.130. The van der Waals surface area contributed by atoms with Gasteiger partial charge in [0.05, 0.1) is 20.6 Å². The van der Waals surface area contributed by atoms with E-state index in [1.54, 1.807) is 14.2 Å². The van der Waals surface area contributed by atoms with Crippen molar-refractivity contribution in [1.82, 2.24) is 9.80 Å². The average molecular weight is 517 g/mol. The summed E-state index contributed by atoms with van der Waals surface area (Å²) in [7, 11) is 3.34. The van der Waals surface area contributed by atoms with Crippen molar-refractivity contribution in [3.05, 3.63) is 47.0 Å². The first-order valence-corrected chi connectivity index (χ1v) is 12.8. The van der Waals surface area contributed by atoms with Crippen LogP contribution in [0.4, 0.5) is 0 Å². The van der Waals surface area contributed by atoms with Gasteiger partial charge in [0, 0.05) is 26.2 Å². The van der Waals surface area contributed by atoms with E-state index in [-0.39, 0.29) is 25.1 Å². The zero-order chi connectivity index (χ0) is 24.2. The Morgan fingerprint density at radius 3 is 2.53 bits per heavy atom. The van der Waals surface area contributed by atoms with E-state index >= 15 is 0 Å². The third kappa shape index (κ3) is 6.01. The maximum atomic E-state index is 13.2. The molecule has 5 rings (SSSR count). The van der Waals surface area contributed by atoms with Crippen LogP contribution in [0.5, 0.6) is 23.0 Å². The lowest BCUT2D eigenvalue weighted by atomic mass is 10.0. The van der Waals surface area contributed by atoms with Crippen molar-refractivity contribution in [3.8, 4) is 23.0 Å². The summed E-state index contributed by atoms with van der Waals surface area (Å²) in [5.41, 5.74) is 3.55. The first-order chi connectivity index (χ1) is 17.1. The van der Waals surface area contributed by atoms with Crippen LogP contribution in [0.15, 0.2) is 30.3 Å². The molecule has 0 radical (unpaired) electrons. The predicted molar refractivity (Wildman–Crippen MR) is 141 cm³/mol. The molecule has 3 aliphatic rings. The topological polar surface area (TPSA) is 60.5 Å². The van der Waals surface area contributed by atoms with Crippen LogP contribution in [0, 0.1) is 5.92 Å². The number of rotatable bonds is 7. The van der Waals surface area contributed by atoms with Gasteiger partial charge in [0.15, 0.2) is 23.0 Å². The molecular formula is C28H37ClN2O5. The molecular weight excluding hydrogens is 480 g/mol. The van der Waals surface area contributed by atoms with Crippen LogP contribution in [0.3, 0.4) is 0 Å². The van der Waals surface area contributed by atoms with Crippen LogP contribution in [0.25, 0.3) is 0 Å². The molecule has 0 saturated carbocycles. The second-order valence-corrected chi connectivity index (χ2v) is 9.84. The van der Waals surface area contributed by atoms with Crippen molar-refractivity contribution in [2.24, 2.45) is 5.92 Å². The number of ether oxygens (including phenoxy) is 4. The molecule has 0 aliphatic carbocycles. The van der Waals surface area contributed by atoms with Gasteiger partial charge in [0.2, 0.25) is 12.7 Å². The molecule has 1 amide bonds. The molecule has 196 valence electrons. The number of fused-ring (bicyclic) bond motifs is 2. The average Bonchev–Trinajstić information content (AvgIpc) is 3.13. The minimum atomic E-state index is 0. The van der Waals surface area contributed by atoms with Gasteiger partial charge >= 0.3 is 0 Å². The molecule has 0 aromatic heterocycles. The highest BCUT2D eigenvalue weighted by molar-refractivity contribution is 5.85. The molecule has 1 fully saturated rings. The number of carbonyl (C=O) groups excluding carboxylic acids is 1. The molecule has 1 saturated heterocycles. The first-order valence-electron chi connectivity index (χ1n) is 12.8. The molecule has 36 heavy (non-hydrogen) atoms. The maximum absolute atomic E-state index is 13.2. The fourth-order valence-electron chi connectivity index (χ4n) is 5.57. The highest BCUT2D eigenvalue weighted by Gasteiger charge is 2.27. The molecule has 0 spiro atoms. The van der Waals surface area contributed by atoms with Gasteiger partial charge in [-0.25, -0.2) is 0 Å². The monoisotopic (exact) mass is 516 g/mol. The van der Waals surface area contributed by atoms with E-state index in [1.165, 1.54) is 30.4 Å². The van der Waals surface area contributed by atoms with Crippen LogP contribution in [-0.2, 0) is 24.1 Å². The Morgan fingerprint density at radius 2 is 1.75 bits per heavy atom. The van der Waals surface area contributed by atoms with Crippen molar-refractivity contribution in [1.29, 1.82) is 0 Å². The summed E-state index contributed by atoms with van der Waals surface area (Å²) in [5.74, 6) is 3.84. The fraction of sp³-hybridized carbons (Fsp3) is 0.536.